The lowest BCUT2D eigenvalue weighted by atomic mass is 10.0. The van der Waals surface area contributed by atoms with Gasteiger partial charge in [-0.1, -0.05) is 67.6 Å². The fourth-order valence-corrected chi connectivity index (χ4v) is 3.15. The van der Waals surface area contributed by atoms with Crippen LogP contribution in [-0.2, 0) is 27.3 Å². The van der Waals surface area contributed by atoms with Gasteiger partial charge in [0.05, 0.1) is 12.6 Å². The van der Waals surface area contributed by atoms with E-state index in [1.54, 1.807) is 0 Å². The molecule has 0 N–H and O–H groups in total. The molecule has 1 saturated heterocycles. The van der Waals surface area contributed by atoms with Crippen molar-refractivity contribution < 1.29 is 19.1 Å². The third-order valence-electron chi connectivity index (χ3n) is 4.74. The molecule has 1 fully saturated rings. The van der Waals surface area contributed by atoms with Crippen LogP contribution in [0, 0.1) is 5.92 Å². The Morgan fingerprint density at radius 1 is 1.11 bits per heavy atom. The second-order valence-corrected chi connectivity index (χ2v) is 6.86. The van der Waals surface area contributed by atoms with Gasteiger partial charge in [0.2, 0.25) is 5.91 Å². The summed E-state index contributed by atoms with van der Waals surface area (Å²) in [5.74, 6) is -0.494. The van der Waals surface area contributed by atoms with E-state index in [1.807, 2.05) is 67.6 Å². The minimum atomic E-state index is -0.544. The van der Waals surface area contributed by atoms with Crippen molar-refractivity contribution in [2.45, 2.75) is 32.4 Å². The van der Waals surface area contributed by atoms with Gasteiger partial charge in [-0.3, -0.25) is 4.79 Å². The second kappa shape index (κ2) is 9.33. The van der Waals surface area contributed by atoms with Gasteiger partial charge in [0.25, 0.3) is 0 Å². The topological polar surface area (TPSA) is 55.8 Å². The van der Waals surface area contributed by atoms with Crippen LogP contribution in [-0.4, -0.2) is 36.2 Å². The number of carbonyl (C=O) groups is 2. The van der Waals surface area contributed by atoms with Crippen molar-refractivity contribution >= 4 is 12.0 Å². The standard InChI is InChI=1S/C22H25NO4/c1-17(12-13-26-15-19-10-6-3-7-11-19)21(24)23-20(16-27-22(23)25)14-18-8-4-2-5-9-18/h2-11,17,20H,12-16H2,1H3. The monoisotopic (exact) mass is 367 g/mol. The van der Waals surface area contributed by atoms with Crippen molar-refractivity contribution in [3.05, 3.63) is 71.8 Å². The first-order valence-electron chi connectivity index (χ1n) is 9.30. The number of amides is 2. The summed E-state index contributed by atoms with van der Waals surface area (Å²) in [6, 6.07) is 19.5. The van der Waals surface area contributed by atoms with Crippen LogP contribution in [0.4, 0.5) is 4.79 Å². The first-order valence-corrected chi connectivity index (χ1v) is 9.30. The first-order chi connectivity index (χ1) is 13.1. The number of imide groups is 1. The largest absolute Gasteiger partial charge is 0.447 e. The van der Waals surface area contributed by atoms with E-state index in [0.717, 1.165) is 11.1 Å². The van der Waals surface area contributed by atoms with Crippen LogP contribution >= 0.6 is 0 Å². The van der Waals surface area contributed by atoms with E-state index >= 15 is 0 Å². The van der Waals surface area contributed by atoms with E-state index in [-0.39, 0.29) is 24.5 Å². The summed E-state index contributed by atoms with van der Waals surface area (Å²) in [7, 11) is 0. The zero-order chi connectivity index (χ0) is 19.1. The average Bonchev–Trinajstić information content (AvgIpc) is 3.06. The van der Waals surface area contributed by atoms with Crippen LogP contribution in [0.2, 0.25) is 0 Å². The Bertz CT molecular complexity index is 747. The quantitative estimate of drug-likeness (QED) is 0.666. The Morgan fingerprint density at radius 2 is 1.74 bits per heavy atom. The van der Waals surface area contributed by atoms with Crippen LogP contribution in [0.1, 0.15) is 24.5 Å². The Labute approximate surface area is 159 Å². The molecule has 142 valence electrons. The van der Waals surface area contributed by atoms with Crippen molar-refractivity contribution in [2.75, 3.05) is 13.2 Å². The molecular formula is C22H25NO4. The van der Waals surface area contributed by atoms with Crippen LogP contribution in [0.5, 0.6) is 0 Å². The van der Waals surface area contributed by atoms with Crippen molar-refractivity contribution in [1.29, 1.82) is 0 Å². The zero-order valence-corrected chi connectivity index (χ0v) is 15.5. The summed E-state index contributed by atoms with van der Waals surface area (Å²) in [4.78, 5) is 26.2. The van der Waals surface area contributed by atoms with Gasteiger partial charge in [0.15, 0.2) is 0 Å². The SMILES string of the molecule is CC(CCOCc1ccccc1)C(=O)N1C(=O)OCC1Cc1ccccc1. The molecule has 1 aliphatic rings. The van der Waals surface area contributed by atoms with E-state index in [0.29, 0.717) is 26.1 Å². The number of cyclic esters (lactones) is 1. The van der Waals surface area contributed by atoms with Gasteiger partial charge in [-0.15, -0.1) is 0 Å². The molecule has 0 aliphatic carbocycles. The number of hydrogen-bond donors (Lipinski definition) is 0. The molecule has 2 aromatic carbocycles. The Hall–Kier alpha value is -2.66. The molecule has 0 spiro atoms. The van der Waals surface area contributed by atoms with Gasteiger partial charge in [-0.2, -0.15) is 0 Å². The number of ether oxygens (including phenoxy) is 2. The summed E-state index contributed by atoms with van der Waals surface area (Å²) in [5.41, 5.74) is 2.18. The molecule has 1 heterocycles. The molecule has 5 heteroatoms. The smallest absolute Gasteiger partial charge is 0.416 e. The van der Waals surface area contributed by atoms with Gasteiger partial charge in [0.1, 0.15) is 6.61 Å². The maximum Gasteiger partial charge on any atom is 0.416 e. The highest BCUT2D eigenvalue weighted by Crippen LogP contribution is 2.21. The van der Waals surface area contributed by atoms with Gasteiger partial charge in [0, 0.05) is 12.5 Å². The summed E-state index contributed by atoms with van der Waals surface area (Å²) >= 11 is 0. The summed E-state index contributed by atoms with van der Waals surface area (Å²) in [6.45, 7) is 3.06. The maximum atomic E-state index is 12.8. The molecule has 1 aliphatic heterocycles. The fraction of sp³-hybridized carbons (Fsp3) is 0.364. The lowest BCUT2D eigenvalue weighted by molar-refractivity contribution is -0.133. The highest BCUT2D eigenvalue weighted by atomic mass is 16.6. The number of rotatable bonds is 8. The maximum absolute atomic E-state index is 12.8. The molecule has 0 aromatic heterocycles. The molecule has 0 radical (unpaired) electrons. The molecule has 2 aromatic rings. The van der Waals surface area contributed by atoms with Crippen molar-refractivity contribution in [1.82, 2.24) is 4.90 Å². The van der Waals surface area contributed by atoms with Crippen LogP contribution in [0.15, 0.2) is 60.7 Å². The Morgan fingerprint density at radius 3 is 2.41 bits per heavy atom. The highest BCUT2D eigenvalue weighted by molar-refractivity contribution is 5.94. The van der Waals surface area contributed by atoms with E-state index < -0.39 is 6.09 Å². The summed E-state index contributed by atoms with van der Waals surface area (Å²) < 4.78 is 10.8. The molecule has 3 rings (SSSR count). The van der Waals surface area contributed by atoms with Gasteiger partial charge >= 0.3 is 6.09 Å². The Kier molecular flexibility index (Phi) is 6.60. The highest BCUT2D eigenvalue weighted by Gasteiger charge is 2.39. The molecule has 0 saturated carbocycles. The normalized spacial score (nSPS) is 17.6. The fourth-order valence-electron chi connectivity index (χ4n) is 3.15. The van der Waals surface area contributed by atoms with E-state index in [1.165, 1.54) is 4.90 Å². The third-order valence-corrected chi connectivity index (χ3v) is 4.74. The molecule has 0 bridgehead atoms. The van der Waals surface area contributed by atoms with Gasteiger partial charge in [-0.05, 0) is 24.0 Å². The van der Waals surface area contributed by atoms with E-state index in [4.69, 9.17) is 9.47 Å². The lowest BCUT2D eigenvalue weighted by Crippen LogP contribution is -2.43. The minimum absolute atomic E-state index is 0.193. The number of benzene rings is 2. The predicted molar refractivity (Wildman–Crippen MR) is 102 cm³/mol. The molecule has 27 heavy (non-hydrogen) atoms. The van der Waals surface area contributed by atoms with Gasteiger partial charge < -0.3 is 9.47 Å². The molecule has 2 amide bonds. The summed E-state index contributed by atoms with van der Waals surface area (Å²) in [6.07, 6.45) is 0.626. The van der Waals surface area contributed by atoms with Gasteiger partial charge in [-0.25, -0.2) is 9.69 Å². The third kappa shape index (κ3) is 5.17. The summed E-state index contributed by atoms with van der Waals surface area (Å²) in [5, 5.41) is 0. The van der Waals surface area contributed by atoms with E-state index in [2.05, 4.69) is 0 Å². The Balaban J connectivity index is 1.50. The molecular weight excluding hydrogens is 342 g/mol. The van der Waals surface area contributed by atoms with Crippen molar-refractivity contribution in [3.8, 4) is 0 Å². The van der Waals surface area contributed by atoms with Crippen molar-refractivity contribution in [2.24, 2.45) is 5.92 Å². The van der Waals surface area contributed by atoms with Crippen LogP contribution < -0.4 is 0 Å². The molecule has 5 nitrogen and oxygen atoms in total. The number of carbonyl (C=O) groups excluding carboxylic acids is 2. The van der Waals surface area contributed by atoms with E-state index in [9.17, 15) is 9.59 Å². The van der Waals surface area contributed by atoms with Crippen LogP contribution in [0.25, 0.3) is 0 Å². The lowest BCUT2D eigenvalue weighted by Gasteiger charge is -2.23. The second-order valence-electron chi connectivity index (χ2n) is 6.86. The zero-order valence-electron chi connectivity index (χ0n) is 15.5. The van der Waals surface area contributed by atoms with Crippen molar-refractivity contribution in [3.63, 3.8) is 0 Å². The molecule has 2 atom stereocenters. The minimum Gasteiger partial charge on any atom is -0.447 e. The molecule has 2 unspecified atom stereocenters. The predicted octanol–water partition coefficient (Wildman–Crippen LogP) is 3.82. The number of nitrogens with zero attached hydrogens (tertiary/aromatic N) is 1. The first kappa shape index (κ1) is 19.1. The average molecular weight is 367 g/mol. The number of hydrogen-bond acceptors (Lipinski definition) is 4. The van der Waals surface area contributed by atoms with Crippen LogP contribution in [0.3, 0.4) is 0 Å².